The summed E-state index contributed by atoms with van der Waals surface area (Å²) in [6.45, 7) is 0.698. The van der Waals surface area contributed by atoms with Crippen molar-refractivity contribution in [1.82, 2.24) is 5.32 Å². The van der Waals surface area contributed by atoms with Gasteiger partial charge >= 0.3 is 0 Å². The number of amides is 2. The average Bonchev–Trinajstić information content (AvgIpc) is 3.25. The van der Waals surface area contributed by atoms with Crippen LogP contribution in [0, 0.1) is 0 Å². The summed E-state index contributed by atoms with van der Waals surface area (Å²) in [5.74, 6) is -0.367. The third kappa shape index (κ3) is 2.67. The third-order valence-corrected chi connectivity index (χ3v) is 3.90. The van der Waals surface area contributed by atoms with E-state index in [2.05, 4.69) is 5.32 Å². The first-order valence-electron chi connectivity index (χ1n) is 7.12. The Morgan fingerprint density at radius 2 is 2.10 bits per heavy atom. The van der Waals surface area contributed by atoms with Crippen molar-refractivity contribution in [3.8, 4) is 0 Å². The highest BCUT2D eigenvalue weighted by atomic mass is 16.2. The maximum Gasteiger partial charge on any atom is 0.248 e. The van der Waals surface area contributed by atoms with Crippen molar-refractivity contribution in [2.24, 2.45) is 5.73 Å². The van der Waals surface area contributed by atoms with Crippen molar-refractivity contribution >= 4 is 17.5 Å². The van der Waals surface area contributed by atoms with Gasteiger partial charge in [-0.2, -0.15) is 0 Å². The molecule has 20 heavy (non-hydrogen) atoms. The Hall–Kier alpha value is -1.88. The summed E-state index contributed by atoms with van der Waals surface area (Å²) in [6, 6.07) is 7.40. The van der Waals surface area contributed by atoms with Crippen molar-refractivity contribution in [2.75, 3.05) is 11.4 Å². The van der Waals surface area contributed by atoms with E-state index in [9.17, 15) is 9.59 Å². The maximum atomic E-state index is 12.5. The molecule has 1 aliphatic heterocycles. The fourth-order valence-electron chi connectivity index (χ4n) is 2.65. The second kappa shape index (κ2) is 5.25. The zero-order valence-corrected chi connectivity index (χ0v) is 11.3. The predicted molar refractivity (Wildman–Crippen MR) is 76.5 cm³/mol. The number of benzene rings is 1. The second-order valence-electron chi connectivity index (χ2n) is 5.54. The van der Waals surface area contributed by atoms with E-state index in [-0.39, 0.29) is 11.9 Å². The molecule has 2 amide bonds. The van der Waals surface area contributed by atoms with Crippen molar-refractivity contribution in [1.29, 1.82) is 0 Å². The minimum Gasteiger partial charge on any atom is -0.366 e. The van der Waals surface area contributed by atoms with Crippen LogP contribution in [-0.4, -0.2) is 30.4 Å². The SMILES string of the molecule is NC(=O)c1cccc(N2CCCC(NC3CC3)C2=O)c1. The minimum atomic E-state index is -0.469. The van der Waals surface area contributed by atoms with Gasteiger partial charge in [0.15, 0.2) is 0 Å². The molecular formula is C15H19N3O2. The molecule has 1 aliphatic carbocycles. The molecule has 5 nitrogen and oxygen atoms in total. The van der Waals surface area contributed by atoms with Crippen LogP contribution in [0.5, 0.6) is 0 Å². The lowest BCUT2D eigenvalue weighted by molar-refractivity contribution is -0.121. The number of hydrogen-bond donors (Lipinski definition) is 2. The van der Waals surface area contributed by atoms with E-state index in [1.54, 1.807) is 23.1 Å². The fraction of sp³-hybridized carbons (Fsp3) is 0.467. The number of carbonyl (C=O) groups excluding carboxylic acids is 2. The van der Waals surface area contributed by atoms with Crippen LogP contribution in [0.2, 0.25) is 0 Å². The van der Waals surface area contributed by atoms with Crippen LogP contribution in [0.1, 0.15) is 36.0 Å². The van der Waals surface area contributed by atoms with Gasteiger partial charge in [-0.05, 0) is 43.9 Å². The molecule has 1 unspecified atom stereocenters. The van der Waals surface area contributed by atoms with Gasteiger partial charge in [0.05, 0.1) is 6.04 Å². The van der Waals surface area contributed by atoms with Crippen LogP contribution in [0.3, 0.4) is 0 Å². The van der Waals surface area contributed by atoms with E-state index in [0.29, 0.717) is 18.2 Å². The third-order valence-electron chi connectivity index (χ3n) is 3.90. The number of anilines is 1. The number of carbonyl (C=O) groups is 2. The Morgan fingerprint density at radius 3 is 2.80 bits per heavy atom. The monoisotopic (exact) mass is 273 g/mol. The van der Waals surface area contributed by atoms with Gasteiger partial charge in [0.1, 0.15) is 0 Å². The Labute approximate surface area is 118 Å². The lowest BCUT2D eigenvalue weighted by Crippen LogP contribution is -2.51. The van der Waals surface area contributed by atoms with Gasteiger partial charge in [-0.15, -0.1) is 0 Å². The topological polar surface area (TPSA) is 75.4 Å². The largest absolute Gasteiger partial charge is 0.366 e. The van der Waals surface area contributed by atoms with E-state index in [1.807, 2.05) is 6.07 Å². The quantitative estimate of drug-likeness (QED) is 0.860. The lowest BCUT2D eigenvalue weighted by Gasteiger charge is -2.33. The van der Waals surface area contributed by atoms with E-state index >= 15 is 0 Å². The van der Waals surface area contributed by atoms with Gasteiger partial charge in [-0.25, -0.2) is 0 Å². The number of nitrogens with two attached hydrogens (primary N) is 1. The van der Waals surface area contributed by atoms with E-state index < -0.39 is 5.91 Å². The molecule has 1 saturated heterocycles. The molecule has 0 aromatic heterocycles. The molecule has 5 heteroatoms. The Morgan fingerprint density at radius 1 is 1.30 bits per heavy atom. The molecule has 106 valence electrons. The Kier molecular flexibility index (Phi) is 3.44. The first-order valence-corrected chi connectivity index (χ1v) is 7.12. The summed E-state index contributed by atoms with van der Waals surface area (Å²) >= 11 is 0. The zero-order valence-electron chi connectivity index (χ0n) is 11.3. The van der Waals surface area contributed by atoms with Crippen molar-refractivity contribution in [3.63, 3.8) is 0 Å². The van der Waals surface area contributed by atoms with Crippen LogP contribution >= 0.6 is 0 Å². The van der Waals surface area contributed by atoms with Gasteiger partial charge < -0.3 is 16.0 Å². The molecule has 0 radical (unpaired) electrons. The summed E-state index contributed by atoms with van der Waals surface area (Å²) < 4.78 is 0. The highest BCUT2D eigenvalue weighted by Gasteiger charge is 2.33. The van der Waals surface area contributed by atoms with E-state index in [1.165, 1.54) is 12.8 Å². The summed E-state index contributed by atoms with van der Waals surface area (Å²) in [7, 11) is 0. The number of rotatable bonds is 4. The Balaban J connectivity index is 1.79. The van der Waals surface area contributed by atoms with Gasteiger partial charge in [0.2, 0.25) is 11.8 Å². The van der Waals surface area contributed by atoms with Crippen molar-refractivity contribution in [3.05, 3.63) is 29.8 Å². The average molecular weight is 273 g/mol. The fourth-order valence-corrected chi connectivity index (χ4v) is 2.65. The van der Waals surface area contributed by atoms with Crippen LogP contribution in [0.15, 0.2) is 24.3 Å². The molecule has 3 rings (SSSR count). The van der Waals surface area contributed by atoms with Crippen molar-refractivity contribution < 1.29 is 9.59 Å². The molecule has 3 N–H and O–H groups in total. The van der Waals surface area contributed by atoms with Gasteiger partial charge in [0.25, 0.3) is 0 Å². The van der Waals surface area contributed by atoms with Gasteiger partial charge in [0, 0.05) is 23.8 Å². The van der Waals surface area contributed by atoms with Gasteiger partial charge in [-0.3, -0.25) is 9.59 Å². The molecule has 1 saturated carbocycles. The molecule has 2 aliphatic rings. The summed E-state index contributed by atoms with van der Waals surface area (Å²) in [5, 5.41) is 3.40. The first kappa shape index (κ1) is 13.1. The number of primary amides is 1. The molecule has 0 bridgehead atoms. The standard InChI is InChI=1S/C15H19N3O2/c16-14(19)10-3-1-4-12(9-10)18-8-2-5-13(15(18)20)17-11-6-7-11/h1,3-4,9,11,13,17H,2,5-8H2,(H2,16,19). The number of nitrogens with zero attached hydrogens (tertiary/aromatic N) is 1. The van der Waals surface area contributed by atoms with E-state index in [4.69, 9.17) is 5.73 Å². The van der Waals surface area contributed by atoms with Crippen LogP contribution in [0.25, 0.3) is 0 Å². The Bertz CT molecular complexity index is 540. The second-order valence-corrected chi connectivity index (χ2v) is 5.54. The lowest BCUT2D eigenvalue weighted by atomic mass is 10.0. The first-order chi connectivity index (χ1) is 9.65. The molecule has 2 fully saturated rings. The summed E-state index contributed by atoms with van der Waals surface area (Å²) in [4.78, 5) is 25.5. The molecule has 1 heterocycles. The normalized spacial score (nSPS) is 22.9. The van der Waals surface area contributed by atoms with Gasteiger partial charge in [-0.1, -0.05) is 6.07 Å². The van der Waals surface area contributed by atoms with Crippen LogP contribution in [0.4, 0.5) is 5.69 Å². The smallest absolute Gasteiger partial charge is 0.248 e. The molecule has 1 aromatic carbocycles. The molecule has 1 aromatic rings. The van der Waals surface area contributed by atoms with Crippen LogP contribution in [-0.2, 0) is 4.79 Å². The van der Waals surface area contributed by atoms with Crippen molar-refractivity contribution in [2.45, 2.75) is 37.8 Å². The highest BCUT2D eigenvalue weighted by Crippen LogP contribution is 2.25. The number of hydrogen-bond acceptors (Lipinski definition) is 3. The zero-order chi connectivity index (χ0) is 14.1. The minimum absolute atomic E-state index is 0.0894. The maximum absolute atomic E-state index is 12.5. The number of piperidine rings is 1. The highest BCUT2D eigenvalue weighted by molar-refractivity contribution is 6.00. The molecule has 0 spiro atoms. The summed E-state index contributed by atoms with van der Waals surface area (Å²) in [6.07, 6.45) is 4.19. The molecular weight excluding hydrogens is 254 g/mol. The number of nitrogens with one attached hydrogen (secondary N) is 1. The summed E-state index contributed by atoms with van der Waals surface area (Å²) in [5.41, 5.74) is 6.49. The van der Waals surface area contributed by atoms with E-state index in [0.717, 1.165) is 18.5 Å². The predicted octanol–water partition coefficient (Wildman–Crippen LogP) is 1.03. The molecule has 1 atom stereocenters. The van der Waals surface area contributed by atoms with Crippen LogP contribution < -0.4 is 16.0 Å².